The number of nitrogens with one attached hydrogen (secondary N) is 1. The molecule has 1 aromatic heterocycles. The molecule has 2 unspecified atom stereocenters. The van der Waals surface area contributed by atoms with Gasteiger partial charge in [0.2, 0.25) is 0 Å². The van der Waals surface area contributed by atoms with E-state index in [0.29, 0.717) is 10.7 Å². The fraction of sp³-hybridized carbons (Fsp3) is 0.200. The van der Waals surface area contributed by atoms with Crippen LogP contribution in [0, 0.1) is 0 Å². The second-order valence-corrected chi connectivity index (χ2v) is 5.62. The number of hydrogen-bond donors (Lipinski definition) is 3. The van der Waals surface area contributed by atoms with Gasteiger partial charge in [-0.2, -0.15) is 0 Å². The van der Waals surface area contributed by atoms with Crippen LogP contribution in [-0.4, -0.2) is 22.0 Å². The van der Waals surface area contributed by atoms with Gasteiger partial charge in [-0.15, -0.1) is 0 Å². The number of para-hydroxylation sites is 1. The molecular formula is C15H15NO3S. The average Bonchev–Trinajstić information content (AvgIpc) is 2.92. The van der Waals surface area contributed by atoms with Crippen molar-refractivity contribution in [3.63, 3.8) is 0 Å². The third kappa shape index (κ3) is 2.41. The molecule has 1 saturated heterocycles. The molecule has 2 heterocycles. The fourth-order valence-corrected chi connectivity index (χ4v) is 3.04. The fourth-order valence-electron chi connectivity index (χ4n) is 2.22. The number of aliphatic hydroxyl groups is 2. The zero-order chi connectivity index (χ0) is 14.1. The van der Waals surface area contributed by atoms with E-state index >= 15 is 0 Å². The minimum atomic E-state index is -0.860. The zero-order valence-corrected chi connectivity index (χ0v) is 11.7. The van der Waals surface area contributed by atoms with Crippen LogP contribution in [0.25, 0.3) is 23.1 Å². The third-order valence-corrected chi connectivity index (χ3v) is 4.06. The van der Waals surface area contributed by atoms with Gasteiger partial charge in [-0.05, 0) is 19.1 Å². The standard InChI is InChI=1S/C15H15NO3S/c1-2-5-9-10-6-3-4-7-11(10)19-12(9)8-13-14(17)16-15(18)20-13/h2-8,14-18H,1H3/b5-2+,13-8-. The Hall–Kier alpha value is -1.53. The van der Waals surface area contributed by atoms with Crippen LogP contribution >= 0.6 is 11.8 Å². The molecule has 4 nitrogen and oxygen atoms in total. The highest BCUT2D eigenvalue weighted by molar-refractivity contribution is 8.03. The normalized spacial score (nSPS) is 25.2. The number of rotatable bonds is 2. The summed E-state index contributed by atoms with van der Waals surface area (Å²) >= 11 is 1.18. The van der Waals surface area contributed by atoms with E-state index < -0.39 is 11.8 Å². The number of thioether (sulfide) groups is 1. The lowest BCUT2D eigenvalue weighted by Gasteiger charge is -2.01. The van der Waals surface area contributed by atoms with Gasteiger partial charge in [0.25, 0.3) is 0 Å². The Morgan fingerprint density at radius 1 is 1.30 bits per heavy atom. The molecule has 104 valence electrons. The molecule has 0 aliphatic carbocycles. The van der Waals surface area contributed by atoms with Crippen molar-refractivity contribution in [2.45, 2.75) is 18.7 Å². The van der Waals surface area contributed by atoms with Gasteiger partial charge in [-0.3, -0.25) is 5.32 Å². The maximum absolute atomic E-state index is 9.80. The second kappa shape index (κ2) is 5.46. The molecule has 3 N–H and O–H groups in total. The van der Waals surface area contributed by atoms with Gasteiger partial charge in [0.1, 0.15) is 17.6 Å². The van der Waals surface area contributed by atoms with Gasteiger partial charge in [0, 0.05) is 15.9 Å². The summed E-state index contributed by atoms with van der Waals surface area (Å²) in [6.45, 7) is 1.95. The van der Waals surface area contributed by atoms with E-state index in [1.165, 1.54) is 11.8 Å². The van der Waals surface area contributed by atoms with Crippen molar-refractivity contribution >= 4 is 34.9 Å². The van der Waals surface area contributed by atoms with Crippen LogP contribution < -0.4 is 5.32 Å². The van der Waals surface area contributed by atoms with Crippen LogP contribution in [0.3, 0.4) is 0 Å². The van der Waals surface area contributed by atoms with E-state index in [4.69, 9.17) is 4.42 Å². The summed E-state index contributed by atoms with van der Waals surface area (Å²) in [7, 11) is 0. The summed E-state index contributed by atoms with van der Waals surface area (Å²) in [4.78, 5) is 0.641. The highest BCUT2D eigenvalue weighted by atomic mass is 32.2. The van der Waals surface area contributed by atoms with Crippen LogP contribution in [0.1, 0.15) is 18.2 Å². The Bertz CT molecular complexity index is 689. The van der Waals surface area contributed by atoms with Crippen molar-refractivity contribution in [3.8, 4) is 0 Å². The molecule has 0 bridgehead atoms. The monoisotopic (exact) mass is 289 g/mol. The van der Waals surface area contributed by atoms with Gasteiger partial charge in [0.15, 0.2) is 5.56 Å². The van der Waals surface area contributed by atoms with Crippen molar-refractivity contribution in [1.82, 2.24) is 5.32 Å². The van der Waals surface area contributed by atoms with Crippen LogP contribution in [0.4, 0.5) is 0 Å². The molecule has 20 heavy (non-hydrogen) atoms. The van der Waals surface area contributed by atoms with Crippen LogP contribution in [0.15, 0.2) is 39.7 Å². The van der Waals surface area contributed by atoms with Gasteiger partial charge >= 0.3 is 0 Å². The molecule has 1 aliphatic rings. The Kier molecular flexibility index (Phi) is 3.67. The molecule has 3 rings (SSSR count). The van der Waals surface area contributed by atoms with Crippen molar-refractivity contribution in [2.75, 3.05) is 0 Å². The number of aliphatic hydroxyl groups excluding tert-OH is 2. The van der Waals surface area contributed by atoms with Crippen molar-refractivity contribution in [1.29, 1.82) is 0 Å². The summed E-state index contributed by atoms with van der Waals surface area (Å²) in [5, 5.41) is 22.9. The van der Waals surface area contributed by atoms with E-state index in [-0.39, 0.29) is 0 Å². The van der Waals surface area contributed by atoms with Crippen molar-refractivity contribution < 1.29 is 14.6 Å². The van der Waals surface area contributed by atoms with E-state index in [2.05, 4.69) is 5.32 Å². The number of allylic oxidation sites excluding steroid dienone is 1. The summed E-state index contributed by atoms with van der Waals surface area (Å²) in [5.74, 6) is 0.682. The summed E-state index contributed by atoms with van der Waals surface area (Å²) in [5.41, 5.74) is 0.994. The summed E-state index contributed by atoms with van der Waals surface area (Å²) < 4.78 is 5.84. The van der Waals surface area contributed by atoms with Gasteiger partial charge in [-0.1, -0.05) is 42.1 Å². The lowest BCUT2D eigenvalue weighted by atomic mass is 10.1. The quantitative estimate of drug-likeness (QED) is 0.793. The SMILES string of the molecule is C/C=C/c1c(/C=C2\SC(O)NC2O)oc2ccccc12. The lowest BCUT2D eigenvalue weighted by Crippen LogP contribution is -2.28. The Balaban J connectivity index is 2.11. The molecule has 2 atom stereocenters. The second-order valence-electron chi connectivity index (χ2n) is 4.46. The van der Waals surface area contributed by atoms with E-state index in [1.54, 1.807) is 6.08 Å². The molecule has 2 aromatic rings. The topological polar surface area (TPSA) is 65.6 Å². The van der Waals surface area contributed by atoms with Crippen LogP contribution in [0.2, 0.25) is 0 Å². The zero-order valence-electron chi connectivity index (χ0n) is 10.9. The Morgan fingerprint density at radius 2 is 2.10 bits per heavy atom. The van der Waals surface area contributed by atoms with Gasteiger partial charge < -0.3 is 14.6 Å². The minimum absolute atomic E-state index is 0.641. The average molecular weight is 289 g/mol. The summed E-state index contributed by atoms with van der Waals surface area (Å²) in [6, 6.07) is 7.80. The molecule has 0 amide bonds. The first-order valence-corrected chi connectivity index (χ1v) is 7.21. The lowest BCUT2D eigenvalue weighted by molar-refractivity contribution is 0.127. The Labute approximate surface area is 120 Å². The molecule has 0 saturated carbocycles. The molecule has 5 heteroatoms. The molecule has 1 fully saturated rings. The highest BCUT2D eigenvalue weighted by Gasteiger charge is 2.26. The minimum Gasteiger partial charge on any atom is -0.456 e. The Morgan fingerprint density at radius 3 is 2.80 bits per heavy atom. The van der Waals surface area contributed by atoms with Crippen LogP contribution in [-0.2, 0) is 0 Å². The molecule has 1 aliphatic heterocycles. The first-order chi connectivity index (χ1) is 9.69. The highest BCUT2D eigenvalue weighted by Crippen LogP contribution is 2.34. The molecule has 0 radical (unpaired) electrons. The summed E-state index contributed by atoms with van der Waals surface area (Å²) in [6.07, 6.45) is 4.84. The maximum atomic E-state index is 9.80. The first-order valence-electron chi connectivity index (χ1n) is 6.33. The number of hydrogen-bond acceptors (Lipinski definition) is 5. The molecule has 1 aromatic carbocycles. The predicted molar refractivity (Wildman–Crippen MR) is 81.6 cm³/mol. The van der Waals surface area contributed by atoms with Gasteiger partial charge in [-0.25, -0.2) is 0 Å². The molecule has 0 spiro atoms. The largest absolute Gasteiger partial charge is 0.456 e. The van der Waals surface area contributed by atoms with E-state index in [0.717, 1.165) is 16.5 Å². The van der Waals surface area contributed by atoms with Crippen molar-refractivity contribution in [2.24, 2.45) is 0 Å². The third-order valence-electron chi connectivity index (χ3n) is 3.09. The smallest absolute Gasteiger partial charge is 0.159 e. The number of benzene rings is 1. The van der Waals surface area contributed by atoms with Crippen molar-refractivity contribution in [3.05, 3.63) is 46.6 Å². The van der Waals surface area contributed by atoms with E-state index in [1.807, 2.05) is 43.3 Å². The van der Waals surface area contributed by atoms with Crippen LogP contribution in [0.5, 0.6) is 0 Å². The predicted octanol–water partition coefficient (Wildman–Crippen LogP) is 2.74. The first kappa shape index (κ1) is 13.5. The number of furan rings is 1. The van der Waals surface area contributed by atoms with Gasteiger partial charge in [0.05, 0.1) is 0 Å². The maximum Gasteiger partial charge on any atom is 0.159 e. The number of fused-ring (bicyclic) bond motifs is 1. The van der Waals surface area contributed by atoms with E-state index in [9.17, 15) is 10.2 Å². The molecular weight excluding hydrogens is 274 g/mol.